The summed E-state index contributed by atoms with van der Waals surface area (Å²) in [5, 5.41) is 0. The summed E-state index contributed by atoms with van der Waals surface area (Å²) in [7, 11) is 0. The quantitative estimate of drug-likeness (QED) is 0.865. The van der Waals surface area contributed by atoms with Gasteiger partial charge in [0.1, 0.15) is 0 Å². The molecule has 0 aromatic carbocycles. The van der Waals surface area contributed by atoms with Gasteiger partial charge in [0, 0.05) is 11.4 Å². The van der Waals surface area contributed by atoms with Crippen LogP contribution in [0.2, 0.25) is 0 Å². The van der Waals surface area contributed by atoms with Gasteiger partial charge >= 0.3 is 0 Å². The Kier molecular flexibility index (Phi) is 2.25. The van der Waals surface area contributed by atoms with E-state index in [0.717, 1.165) is 17.0 Å². The highest BCUT2D eigenvalue weighted by Gasteiger charge is 2.40. The first-order valence-corrected chi connectivity index (χ1v) is 5.41. The van der Waals surface area contributed by atoms with Crippen LogP contribution in [0.1, 0.15) is 4.88 Å². The van der Waals surface area contributed by atoms with Gasteiger partial charge in [-0.3, -0.25) is 0 Å². The van der Waals surface area contributed by atoms with Crippen molar-refractivity contribution in [3.63, 3.8) is 0 Å². The Morgan fingerprint density at radius 3 is 2.67 bits per heavy atom. The Morgan fingerprint density at radius 1 is 1.58 bits per heavy atom. The van der Waals surface area contributed by atoms with Crippen LogP contribution in [0.25, 0.3) is 0 Å². The van der Waals surface area contributed by atoms with Gasteiger partial charge in [-0.05, 0) is 28.1 Å². The average molecular weight is 248 g/mol. The normalized spacial score (nSPS) is 20.5. The molecule has 0 aliphatic carbocycles. The molecule has 1 aliphatic rings. The largest absolute Gasteiger partial charge is 0.379 e. The molecule has 0 bridgehead atoms. The van der Waals surface area contributed by atoms with Crippen molar-refractivity contribution in [3.8, 4) is 0 Å². The van der Waals surface area contributed by atoms with Crippen molar-refractivity contribution in [1.29, 1.82) is 0 Å². The zero-order valence-electron chi connectivity index (χ0n) is 6.55. The fraction of sp³-hybridized carbons (Fsp3) is 0.500. The Labute approximate surface area is 83.8 Å². The molecule has 0 unspecified atom stereocenters. The second kappa shape index (κ2) is 3.10. The van der Waals surface area contributed by atoms with Crippen molar-refractivity contribution < 1.29 is 4.74 Å². The fourth-order valence-electron chi connectivity index (χ4n) is 1.31. The van der Waals surface area contributed by atoms with E-state index < -0.39 is 0 Å². The molecule has 4 heteroatoms. The smallest absolute Gasteiger partial charge is 0.0701 e. The molecule has 0 spiro atoms. The van der Waals surface area contributed by atoms with E-state index >= 15 is 0 Å². The lowest BCUT2D eigenvalue weighted by Gasteiger charge is -2.39. The molecule has 1 aromatic heterocycles. The van der Waals surface area contributed by atoms with Gasteiger partial charge in [0.05, 0.1) is 22.4 Å². The van der Waals surface area contributed by atoms with E-state index in [0.29, 0.717) is 6.54 Å². The summed E-state index contributed by atoms with van der Waals surface area (Å²) in [4.78, 5) is 1.34. The minimum absolute atomic E-state index is 0.122. The van der Waals surface area contributed by atoms with E-state index in [4.69, 9.17) is 10.5 Å². The van der Waals surface area contributed by atoms with E-state index in [1.54, 1.807) is 11.3 Å². The van der Waals surface area contributed by atoms with Crippen molar-refractivity contribution in [2.24, 2.45) is 5.73 Å². The molecule has 2 rings (SSSR count). The van der Waals surface area contributed by atoms with Gasteiger partial charge in [0.2, 0.25) is 0 Å². The first-order chi connectivity index (χ1) is 5.77. The van der Waals surface area contributed by atoms with Gasteiger partial charge in [-0.2, -0.15) is 0 Å². The van der Waals surface area contributed by atoms with Crippen molar-refractivity contribution in [2.75, 3.05) is 19.8 Å². The van der Waals surface area contributed by atoms with Crippen molar-refractivity contribution in [2.45, 2.75) is 5.41 Å². The van der Waals surface area contributed by atoms with Crippen LogP contribution in [-0.2, 0) is 10.2 Å². The van der Waals surface area contributed by atoms with Crippen molar-refractivity contribution in [3.05, 3.63) is 20.8 Å². The molecular weight excluding hydrogens is 238 g/mol. The molecule has 1 saturated heterocycles. The Bertz CT molecular complexity index is 277. The summed E-state index contributed by atoms with van der Waals surface area (Å²) in [5.74, 6) is 0. The highest BCUT2D eigenvalue weighted by molar-refractivity contribution is 9.11. The molecule has 2 N–H and O–H groups in total. The summed E-state index contributed by atoms with van der Waals surface area (Å²) in [6, 6.07) is 4.19. The molecule has 0 radical (unpaired) electrons. The van der Waals surface area contributed by atoms with Crippen molar-refractivity contribution >= 4 is 27.3 Å². The number of nitrogens with two attached hydrogens (primary N) is 1. The molecule has 66 valence electrons. The predicted molar refractivity (Wildman–Crippen MR) is 53.6 cm³/mol. The van der Waals surface area contributed by atoms with E-state index in [9.17, 15) is 0 Å². The van der Waals surface area contributed by atoms with Gasteiger partial charge in [0.25, 0.3) is 0 Å². The van der Waals surface area contributed by atoms with Crippen LogP contribution in [0.15, 0.2) is 15.9 Å². The summed E-state index contributed by atoms with van der Waals surface area (Å²) in [5.41, 5.74) is 5.84. The topological polar surface area (TPSA) is 35.2 Å². The minimum atomic E-state index is 0.122. The third-order valence-electron chi connectivity index (χ3n) is 2.24. The van der Waals surface area contributed by atoms with Crippen LogP contribution in [0.4, 0.5) is 0 Å². The fourth-order valence-corrected chi connectivity index (χ4v) is 2.86. The van der Waals surface area contributed by atoms with Crippen LogP contribution < -0.4 is 5.73 Å². The third kappa shape index (κ3) is 1.23. The molecule has 2 heterocycles. The number of thiophene rings is 1. The van der Waals surface area contributed by atoms with E-state index in [1.165, 1.54) is 4.88 Å². The Morgan fingerprint density at radius 2 is 2.33 bits per heavy atom. The highest BCUT2D eigenvalue weighted by Crippen LogP contribution is 2.37. The van der Waals surface area contributed by atoms with Gasteiger partial charge in [0.15, 0.2) is 0 Å². The van der Waals surface area contributed by atoms with Gasteiger partial charge < -0.3 is 10.5 Å². The van der Waals surface area contributed by atoms with E-state index in [-0.39, 0.29) is 5.41 Å². The lowest BCUT2D eigenvalue weighted by Crippen LogP contribution is -2.51. The molecule has 12 heavy (non-hydrogen) atoms. The predicted octanol–water partition coefficient (Wildman–Crippen LogP) is 1.74. The minimum Gasteiger partial charge on any atom is -0.379 e. The lowest BCUT2D eigenvalue weighted by molar-refractivity contribution is -0.0531. The zero-order valence-corrected chi connectivity index (χ0v) is 8.95. The van der Waals surface area contributed by atoms with Gasteiger partial charge in [-0.15, -0.1) is 11.3 Å². The molecular formula is C8H10BrNOS. The van der Waals surface area contributed by atoms with Crippen LogP contribution in [-0.4, -0.2) is 19.8 Å². The molecule has 2 nitrogen and oxygen atoms in total. The third-order valence-corrected chi connectivity index (χ3v) is 4.11. The SMILES string of the molecule is NCC1(c2ccc(Br)s2)COC1. The van der Waals surface area contributed by atoms with Crippen LogP contribution in [0.3, 0.4) is 0 Å². The van der Waals surface area contributed by atoms with Gasteiger partial charge in [-0.25, -0.2) is 0 Å². The van der Waals surface area contributed by atoms with Crippen LogP contribution in [0, 0.1) is 0 Å². The average Bonchev–Trinajstić information content (AvgIpc) is 2.35. The Hall–Kier alpha value is 0.1000. The summed E-state index contributed by atoms with van der Waals surface area (Å²) in [6.45, 7) is 2.23. The zero-order chi connectivity index (χ0) is 8.60. The number of hydrogen-bond acceptors (Lipinski definition) is 3. The monoisotopic (exact) mass is 247 g/mol. The van der Waals surface area contributed by atoms with E-state index in [2.05, 4.69) is 28.1 Å². The first-order valence-electron chi connectivity index (χ1n) is 3.80. The van der Waals surface area contributed by atoms with E-state index in [1.807, 2.05) is 0 Å². The summed E-state index contributed by atoms with van der Waals surface area (Å²) >= 11 is 5.20. The molecule has 1 fully saturated rings. The molecule has 0 amide bonds. The number of halogens is 1. The molecule has 0 atom stereocenters. The highest BCUT2D eigenvalue weighted by atomic mass is 79.9. The summed E-state index contributed by atoms with van der Waals surface area (Å²) in [6.07, 6.45) is 0. The second-order valence-corrected chi connectivity index (χ2v) is 5.54. The number of hydrogen-bond donors (Lipinski definition) is 1. The standard InChI is InChI=1S/C8H10BrNOS/c9-7-2-1-6(12-7)8(3-10)4-11-5-8/h1-2H,3-5,10H2. The van der Waals surface area contributed by atoms with Gasteiger partial charge in [-0.1, -0.05) is 0 Å². The number of ether oxygens (including phenoxy) is 1. The van der Waals surface area contributed by atoms with Crippen molar-refractivity contribution in [1.82, 2.24) is 0 Å². The maximum atomic E-state index is 5.72. The van der Waals surface area contributed by atoms with Crippen LogP contribution >= 0.6 is 27.3 Å². The maximum Gasteiger partial charge on any atom is 0.0701 e. The maximum absolute atomic E-state index is 5.72. The second-order valence-electron chi connectivity index (χ2n) is 3.08. The molecule has 0 saturated carbocycles. The molecule has 1 aliphatic heterocycles. The first kappa shape index (κ1) is 8.69. The molecule has 1 aromatic rings. The van der Waals surface area contributed by atoms with Crippen LogP contribution in [0.5, 0.6) is 0 Å². The lowest BCUT2D eigenvalue weighted by atomic mass is 9.84. The Balaban J connectivity index is 2.27. The number of rotatable bonds is 2. The summed E-state index contributed by atoms with van der Waals surface area (Å²) < 4.78 is 6.37.